The van der Waals surface area contributed by atoms with E-state index in [1.54, 1.807) is 0 Å². The standard InChI is InChI=1S/C57H35N5/c1-3-18-38(19-4-1)55-58-56(39-20-5-2-6-21-39)60-57(59-55)46-28-14-27-43-42(46)26-15-31-51(43)61-50-29-12-11-25-44(50)47-34-48-45-33-32-37-17-8-10-24-41(37)54(45)62(53(48)35-52(47)61)49-30-13-22-36-16-7-9-23-40(36)49/h1-35H. The van der Waals surface area contributed by atoms with Crippen molar-refractivity contribution in [1.82, 2.24) is 24.1 Å². The van der Waals surface area contributed by atoms with Crippen LogP contribution < -0.4 is 0 Å². The summed E-state index contributed by atoms with van der Waals surface area (Å²) in [6.45, 7) is 0. The lowest BCUT2D eigenvalue weighted by Gasteiger charge is -2.15. The summed E-state index contributed by atoms with van der Waals surface area (Å²) in [6, 6.07) is 75.8. The third-order valence-electron chi connectivity index (χ3n) is 12.5. The lowest BCUT2D eigenvalue weighted by molar-refractivity contribution is 1.08. The van der Waals surface area contributed by atoms with Crippen molar-refractivity contribution in [3.8, 4) is 45.5 Å². The van der Waals surface area contributed by atoms with Gasteiger partial charge in [-0.1, -0.05) is 182 Å². The topological polar surface area (TPSA) is 48.5 Å². The van der Waals surface area contributed by atoms with Crippen LogP contribution in [-0.2, 0) is 0 Å². The van der Waals surface area contributed by atoms with E-state index in [9.17, 15) is 0 Å². The number of rotatable bonds is 5. The summed E-state index contributed by atoms with van der Waals surface area (Å²) in [5.41, 5.74) is 9.77. The molecule has 0 N–H and O–H groups in total. The Hall–Kier alpha value is -8.41. The second kappa shape index (κ2) is 13.6. The van der Waals surface area contributed by atoms with Gasteiger partial charge in [0.05, 0.1) is 33.4 Å². The summed E-state index contributed by atoms with van der Waals surface area (Å²) in [6.07, 6.45) is 0. The number of hydrogen-bond acceptors (Lipinski definition) is 3. The fourth-order valence-corrected chi connectivity index (χ4v) is 9.76. The highest BCUT2D eigenvalue weighted by Crippen LogP contribution is 2.44. The van der Waals surface area contributed by atoms with E-state index >= 15 is 0 Å². The molecule has 0 spiro atoms. The summed E-state index contributed by atoms with van der Waals surface area (Å²) in [7, 11) is 0. The third kappa shape index (κ3) is 5.18. The van der Waals surface area contributed by atoms with Crippen molar-refractivity contribution in [2.45, 2.75) is 0 Å². The molecule has 0 radical (unpaired) electrons. The monoisotopic (exact) mass is 789 g/mol. The first-order valence-electron chi connectivity index (χ1n) is 21.0. The first-order valence-corrected chi connectivity index (χ1v) is 21.0. The van der Waals surface area contributed by atoms with Crippen molar-refractivity contribution < 1.29 is 0 Å². The molecule has 0 unspecified atom stereocenters. The van der Waals surface area contributed by atoms with Crippen LogP contribution in [0.4, 0.5) is 0 Å². The van der Waals surface area contributed by atoms with Crippen molar-refractivity contribution in [1.29, 1.82) is 0 Å². The average Bonchev–Trinajstić information content (AvgIpc) is 3.85. The highest BCUT2D eigenvalue weighted by molar-refractivity contribution is 6.24. The fourth-order valence-electron chi connectivity index (χ4n) is 9.76. The lowest BCUT2D eigenvalue weighted by Crippen LogP contribution is -2.01. The summed E-state index contributed by atoms with van der Waals surface area (Å²) < 4.78 is 4.96. The summed E-state index contributed by atoms with van der Waals surface area (Å²) in [5, 5.41) is 12.0. The van der Waals surface area contributed by atoms with Gasteiger partial charge in [-0.15, -0.1) is 0 Å². The highest BCUT2D eigenvalue weighted by Gasteiger charge is 2.22. The number of benzene rings is 10. The minimum absolute atomic E-state index is 0.635. The van der Waals surface area contributed by atoms with Gasteiger partial charge in [0.2, 0.25) is 0 Å². The zero-order chi connectivity index (χ0) is 40.7. The first kappa shape index (κ1) is 34.5. The Morgan fingerprint density at radius 3 is 1.55 bits per heavy atom. The zero-order valence-electron chi connectivity index (χ0n) is 33.4. The van der Waals surface area contributed by atoms with Crippen LogP contribution in [0.25, 0.3) is 121 Å². The van der Waals surface area contributed by atoms with Crippen LogP contribution in [0.3, 0.4) is 0 Å². The Kier molecular flexibility index (Phi) is 7.54. The molecule has 0 fully saturated rings. The molecular weight excluding hydrogens is 755 g/mol. The van der Waals surface area contributed by atoms with Crippen molar-refractivity contribution in [3.63, 3.8) is 0 Å². The Morgan fingerprint density at radius 2 is 0.790 bits per heavy atom. The van der Waals surface area contributed by atoms with E-state index in [2.05, 4.69) is 185 Å². The summed E-state index contributed by atoms with van der Waals surface area (Å²) in [5.74, 6) is 1.92. The molecule has 0 aliphatic rings. The summed E-state index contributed by atoms with van der Waals surface area (Å²) in [4.78, 5) is 15.3. The van der Waals surface area contributed by atoms with Gasteiger partial charge in [-0.25, -0.2) is 15.0 Å². The molecule has 0 amide bonds. The number of aromatic nitrogens is 5. The van der Waals surface area contributed by atoms with Crippen LogP contribution in [0.1, 0.15) is 0 Å². The molecule has 0 saturated heterocycles. The van der Waals surface area contributed by atoms with E-state index in [1.165, 1.54) is 54.3 Å². The second-order valence-corrected chi connectivity index (χ2v) is 16.0. The molecule has 10 aromatic carbocycles. The van der Waals surface area contributed by atoms with Gasteiger partial charge in [0.1, 0.15) is 0 Å². The molecule has 62 heavy (non-hydrogen) atoms. The van der Waals surface area contributed by atoms with Gasteiger partial charge in [-0.3, -0.25) is 0 Å². The smallest absolute Gasteiger partial charge is 0.164 e. The number of nitrogens with zero attached hydrogens (tertiary/aromatic N) is 5. The van der Waals surface area contributed by atoms with E-state index in [-0.39, 0.29) is 0 Å². The molecule has 0 bridgehead atoms. The van der Waals surface area contributed by atoms with Gasteiger partial charge >= 0.3 is 0 Å². The maximum atomic E-state index is 5.15. The molecule has 0 aliphatic heterocycles. The molecule has 0 aliphatic carbocycles. The molecular formula is C57H35N5. The van der Waals surface area contributed by atoms with Crippen molar-refractivity contribution >= 4 is 75.9 Å². The maximum Gasteiger partial charge on any atom is 0.164 e. The molecule has 0 atom stereocenters. The van der Waals surface area contributed by atoms with Crippen LogP contribution in [0.15, 0.2) is 212 Å². The average molecular weight is 790 g/mol. The van der Waals surface area contributed by atoms with Crippen LogP contribution in [0, 0.1) is 0 Å². The van der Waals surface area contributed by atoms with Crippen LogP contribution in [-0.4, -0.2) is 24.1 Å². The summed E-state index contributed by atoms with van der Waals surface area (Å²) >= 11 is 0. The van der Waals surface area contributed by atoms with Crippen LogP contribution in [0.2, 0.25) is 0 Å². The SMILES string of the molecule is c1ccc(-c2nc(-c3ccccc3)nc(-c3cccc4c(-n5c6ccccc6c6cc7c8ccc9ccccc9c8n(-c8cccc9ccccc89)c7cc65)cccc34)n2)cc1. The quantitative estimate of drug-likeness (QED) is 0.174. The number of hydrogen-bond donors (Lipinski definition) is 0. The predicted octanol–water partition coefficient (Wildman–Crippen LogP) is 14.5. The van der Waals surface area contributed by atoms with E-state index in [1.807, 2.05) is 36.4 Å². The maximum absolute atomic E-state index is 5.15. The fraction of sp³-hybridized carbons (Fsp3) is 0. The first-order chi connectivity index (χ1) is 30.8. The molecule has 13 rings (SSSR count). The van der Waals surface area contributed by atoms with E-state index < -0.39 is 0 Å². The highest BCUT2D eigenvalue weighted by atomic mass is 15.0. The van der Waals surface area contributed by atoms with Crippen LogP contribution in [0.5, 0.6) is 0 Å². The second-order valence-electron chi connectivity index (χ2n) is 16.0. The minimum atomic E-state index is 0.635. The van der Waals surface area contributed by atoms with Gasteiger partial charge in [-0.05, 0) is 46.5 Å². The van der Waals surface area contributed by atoms with Crippen LogP contribution >= 0.6 is 0 Å². The van der Waals surface area contributed by atoms with Crippen molar-refractivity contribution in [3.05, 3.63) is 212 Å². The number of para-hydroxylation sites is 1. The van der Waals surface area contributed by atoms with Gasteiger partial charge in [0.15, 0.2) is 17.5 Å². The molecule has 0 saturated carbocycles. The Bertz CT molecular complexity index is 3860. The predicted molar refractivity (Wildman–Crippen MR) is 257 cm³/mol. The molecule has 13 aromatic rings. The Balaban J connectivity index is 1.11. The Labute approximate surface area is 356 Å². The zero-order valence-corrected chi connectivity index (χ0v) is 33.4. The van der Waals surface area contributed by atoms with Gasteiger partial charge in [-0.2, -0.15) is 0 Å². The van der Waals surface area contributed by atoms with E-state index in [0.717, 1.165) is 49.7 Å². The molecule has 288 valence electrons. The molecule has 3 aromatic heterocycles. The van der Waals surface area contributed by atoms with Crippen molar-refractivity contribution in [2.24, 2.45) is 0 Å². The molecule has 5 nitrogen and oxygen atoms in total. The number of fused-ring (bicyclic) bond motifs is 10. The lowest BCUT2D eigenvalue weighted by atomic mass is 10.0. The third-order valence-corrected chi connectivity index (χ3v) is 12.5. The van der Waals surface area contributed by atoms with E-state index in [4.69, 9.17) is 15.0 Å². The minimum Gasteiger partial charge on any atom is -0.309 e. The van der Waals surface area contributed by atoms with Crippen molar-refractivity contribution in [2.75, 3.05) is 0 Å². The van der Waals surface area contributed by atoms with Gasteiger partial charge in [0.25, 0.3) is 0 Å². The van der Waals surface area contributed by atoms with Gasteiger partial charge in [0, 0.05) is 54.4 Å². The Morgan fingerprint density at radius 1 is 0.274 bits per heavy atom. The normalized spacial score (nSPS) is 11.9. The molecule has 3 heterocycles. The van der Waals surface area contributed by atoms with Gasteiger partial charge < -0.3 is 9.13 Å². The molecule has 5 heteroatoms. The largest absolute Gasteiger partial charge is 0.309 e. The van der Waals surface area contributed by atoms with E-state index in [0.29, 0.717) is 17.5 Å².